The lowest BCUT2D eigenvalue weighted by atomic mass is 10.3. The Labute approximate surface area is 121 Å². The van der Waals surface area contributed by atoms with Crippen molar-refractivity contribution in [3.8, 4) is 0 Å². The molecule has 0 aromatic rings. The summed E-state index contributed by atoms with van der Waals surface area (Å²) < 4.78 is 34.9. The summed E-state index contributed by atoms with van der Waals surface area (Å²) in [6, 6.07) is 0. The molecule has 0 bridgehead atoms. The Morgan fingerprint density at radius 3 is 2.00 bits per heavy atom. The van der Waals surface area contributed by atoms with E-state index in [-0.39, 0.29) is 12.1 Å². The molecule has 0 saturated carbocycles. The first-order chi connectivity index (χ1) is 9.07. The maximum Gasteiger partial charge on any atom is 0.397 e. The molecule has 0 spiro atoms. The van der Waals surface area contributed by atoms with E-state index >= 15 is 0 Å². The second-order valence-electron chi connectivity index (χ2n) is 4.08. The molecule has 0 rings (SSSR count). The van der Waals surface area contributed by atoms with Crippen molar-refractivity contribution in [2.24, 2.45) is 0 Å². The standard InChI is InChI=1S/C11H21NO2.CH4O4S/c1-6-12(7-2)8-10(5)14-11(13)9(3)4;1-5-6(2,3)4/h10H,3,6-8H2,1-2,4-5H3;1H3,(H,2,3,4). The fraction of sp³-hybridized carbons (Fsp3) is 0.750. The van der Waals surface area contributed by atoms with Gasteiger partial charge in [-0.1, -0.05) is 20.4 Å². The van der Waals surface area contributed by atoms with Gasteiger partial charge in [-0.3, -0.25) is 8.74 Å². The molecule has 0 aliphatic rings. The molecule has 7 nitrogen and oxygen atoms in total. The molecule has 1 unspecified atom stereocenters. The van der Waals surface area contributed by atoms with Crippen molar-refractivity contribution in [3.63, 3.8) is 0 Å². The van der Waals surface area contributed by atoms with Crippen molar-refractivity contribution in [3.05, 3.63) is 12.2 Å². The van der Waals surface area contributed by atoms with Gasteiger partial charge in [-0.25, -0.2) is 4.79 Å². The first kappa shape index (κ1) is 21.3. The fourth-order valence-corrected chi connectivity index (χ4v) is 1.17. The van der Waals surface area contributed by atoms with Gasteiger partial charge in [-0.15, -0.1) is 0 Å². The highest BCUT2D eigenvalue weighted by atomic mass is 32.3. The van der Waals surface area contributed by atoms with Crippen LogP contribution in [0.25, 0.3) is 0 Å². The number of carbonyl (C=O) groups is 1. The number of hydrogen-bond acceptors (Lipinski definition) is 6. The first-order valence-electron chi connectivity index (χ1n) is 6.19. The van der Waals surface area contributed by atoms with Crippen LogP contribution in [0.5, 0.6) is 0 Å². The van der Waals surface area contributed by atoms with Crippen LogP contribution in [0.2, 0.25) is 0 Å². The molecule has 0 heterocycles. The predicted octanol–water partition coefficient (Wildman–Crippen LogP) is 1.27. The van der Waals surface area contributed by atoms with Gasteiger partial charge in [0.05, 0.1) is 7.11 Å². The van der Waals surface area contributed by atoms with Crippen molar-refractivity contribution in [2.75, 3.05) is 26.7 Å². The predicted molar refractivity (Wildman–Crippen MR) is 76.7 cm³/mol. The van der Waals surface area contributed by atoms with Crippen molar-refractivity contribution in [2.45, 2.75) is 33.8 Å². The molecule has 0 aromatic carbocycles. The molecule has 0 aromatic heterocycles. The highest BCUT2D eigenvalue weighted by Gasteiger charge is 2.12. The van der Waals surface area contributed by atoms with Crippen molar-refractivity contribution >= 4 is 16.4 Å². The lowest BCUT2D eigenvalue weighted by molar-refractivity contribution is -0.144. The van der Waals surface area contributed by atoms with E-state index in [9.17, 15) is 13.2 Å². The molecule has 1 N–H and O–H groups in total. The van der Waals surface area contributed by atoms with Gasteiger partial charge < -0.3 is 9.64 Å². The van der Waals surface area contributed by atoms with Crippen molar-refractivity contribution in [1.29, 1.82) is 0 Å². The molecular weight excluding hydrogens is 286 g/mol. The second-order valence-corrected chi connectivity index (χ2v) is 5.27. The van der Waals surface area contributed by atoms with Crippen LogP contribution in [0.1, 0.15) is 27.7 Å². The Morgan fingerprint density at radius 2 is 1.75 bits per heavy atom. The quantitative estimate of drug-likeness (QED) is 0.430. The van der Waals surface area contributed by atoms with E-state index < -0.39 is 10.4 Å². The monoisotopic (exact) mass is 311 g/mol. The number of nitrogens with zero attached hydrogens (tertiary/aromatic N) is 1. The van der Waals surface area contributed by atoms with E-state index in [0.717, 1.165) is 26.7 Å². The topological polar surface area (TPSA) is 93.1 Å². The number of hydrogen-bond donors (Lipinski definition) is 1. The Morgan fingerprint density at radius 1 is 1.35 bits per heavy atom. The number of ether oxygens (including phenoxy) is 1. The third-order valence-corrected chi connectivity index (χ3v) is 2.70. The second kappa shape index (κ2) is 10.8. The van der Waals surface area contributed by atoms with Crippen LogP contribution in [0, 0.1) is 0 Å². The van der Waals surface area contributed by atoms with Crippen LogP contribution in [0.15, 0.2) is 12.2 Å². The summed E-state index contributed by atoms with van der Waals surface area (Å²) >= 11 is 0. The average Bonchev–Trinajstić information content (AvgIpc) is 2.35. The molecule has 0 fully saturated rings. The molecule has 1 atom stereocenters. The zero-order valence-electron chi connectivity index (χ0n) is 12.7. The number of carbonyl (C=O) groups excluding carboxylic acids is 1. The molecule has 20 heavy (non-hydrogen) atoms. The van der Waals surface area contributed by atoms with Crippen LogP contribution >= 0.6 is 0 Å². The van der Waals surface area contributed by atoms with Gasteiger partial charge in [0.25, 0.3) is 0 Å². The third-order valence-electron chi connectivity index (χ3n) is 2.28. The normalized spacial score (nSPS) is 12.3. The van der Waals surface area contributed by atoms with E-state index in [1.54, 1.807) is 6.92 Å². The summed E-state index contributed by atoms with van der Waals surface area (Å²) in [6.07, 6.45) is -0.0703. The van der Waals surface area contributed by atoms with Gasteiger partial charge in [0.2, 0.25) is 0 Å². The highest BCUT2D eigenvalue weighted by Crippen LogP contribution is 2.00. The molecule has 0 radical (unpaired) electrons. The molecule has 0 saturated heterocycles. The van der Waals surface area contributed by atoms with Crippen LogP contribution < -0.4 is 0 Å². The SMILES string of the molecule is C=C(C)C(=O)OC(C)CN(CC)CC.COS(=O)(=O)O. The van der Waals surface area contributed by atoms with Crippen LogP contribution in [0.3, 0.4) is 0 Å². The van der Waals surface area contributed by atoms with Crippen molar-refractivity contribution in [1.82, 2.24) is 4.90 Å². The van der Waals surface area contributed by atoms with E-state index in [1.165, 1.54) is 0 Å². The fourth-order valence-electron chi connectivity index (χ4n) is 1.17. The summed E-state index contributed by atoms with van der Waals surface area (Å²) in [6.45, 7) is 14.0. The lowest BCUT2D eigenvalue weighted by Crippen LogP contribution is -2.33. The van der Waals surface area contributed by atoms with Crippen LogP contribution in [0.4, 0.5) is 0 Å². The van der Waals surface area contributed by atoms with E-state index in [2.05, 4.69) is 29.5 Å². The maximum atomic E-state index is 11.2. The summed E-state index contributed by atoms with van der Waals surface area (Å²) in [5.74, 6) is -0.301. The van der Waals surface area contributed by atoms with Crippen LogP contribution in [-0.4, -0.2) is 56.7 Å². The zero-order chi connectivity index (χ0) is 16.3. The molecule has 8 heteroatoms. The summed E-state index contributed by atoms with van der Waals surface area (Å²) in [4.78, 5) is 13.4. The minimum atomic E-state index is -4.16. The summed E-state index contributed by atoms with van der Waals surface area (Å²) in [5, 5.41) is 0. The van der Waals surface area contributed by atoms with Gasteiger partial charge in [0, 0.05) is 12.1 Å². The smallest absolute Gasteiger partial charge is 0.397 e. The number of likely N-dealkylation sites (N-methyl/N-ethyl adjacent to an activating group) is 1. The van der Waals surface area contributed by atoms with E-state index in [1.807, 2.05) is 6.92 Å². The minimum Gasteiger partial charge on any atom is -0.458 e. The Kier molecular flexibility index (Phi) is 11.5. The number of rotatable bonds is 7. The Balaban J connectivity index is 0. The molecule has 0 aliphatic carbocycles. The third kappa shape index (κ3) is 13.5. The number of esters is 1. The summed E-state index contributed by atoms with van der Waals surface area (Å²) in [5.41, 5.74) is 0.455. The van der Waals surface area contributed by atoms with Gasteiger partial charge in [-0.2, -0.15) is 8.42 Å². The average molecular weight is 311 g/mol. The zero-order valence-corrected chi connectivity index (χ0v) is 13.6. The first-order valence-corrected chi connectivity index (χ1v) is 7.55. The Bertz CT molecular complexity index is 389. The van der Waals surface area contributed by atoms with E-state index in [4.69, 9.17) is 9.29 Å². The molecule has 120 valence electrons. The lowest BCUT2D eigenvalue weighted by Gasteiger charge is -2.22. The minimum absolute atomic E-state index is 0.0703. The highest BCUT2D eigenvalue weighted by molar-refractivity contribution is 7.80. The molecular formula is C12H25NO6S. The van der Waals surface area contributed by atoms with E-state index in [0.29, 0.717) is 5.57 Å². The van der Waals surface area contributed by atoms with Gasteiger partial charge in [0.1, 0.15) is 6.10 Å². The molecule has 0 aliphatic heterocycles. The summed E-state index contributed by atoms with van der Waals surface area (Å²) in [7, 11) is -3.29. The van der Waals surface area contributed by atoms with Gasteiger partial charge >= 0.3 is 16.4 Å². The maximum absolute atomic E-state index is 11.2. The van der Waals surface area contributed by atoms with Crippen molar-refractivity contribution < 1.29 is 26.7 Å². The van der Waals surface area contributed by atoms with Gasteiger partial charge in [-0.05, 0) is 26.9 Å². The Hall–Kier alpha value is -0.960. The molecule has 0 amide bonds. The largest absolute Gasteiger partial charge is 0.458 e. The van der Waals surface area contributed by atoms with Crippen LogP contribution in [-0.2, 0) is 24.1 Å². The van der Waals surface area contributed by atoms with Gasteiger partial charge in [0.15, 0.2) is 0 Å².